The van der Waals surface area contributed by atoms with Gasteiger partial charge in [-0.15, -0.1) is 11.3 Å². The van der Waals surface area contributed by atoms with Crippen molar-refractivity contribution < 1.29 is 17.9 Å². The molecule has 134 valence electrons. The van der Waals surface area contributed by atoms with Crippen LogP contribution in [0.15, 0.2) is 41.8 Å². The highest BCUT2D eigenvalue weighted by molar-refractivity contribution is 7.91. The normalized spacial score (nSPS) is 20.0. The Balaban J connectivity index is 1.62. The summed E-state index contributed by atoms with van der Waals surface area (Å²) in [5.41, 5.74) is 0. The molecule has 0 saturated carbocycles. The first-order chi connectivity index (χ1) is 12.0. The summed E-state index contributed by atoms with van der Waals surface area (Å²) in [6.45, 7) is 0.489. The monoisotopic (exact) mass is 399 g/mol. The van der Waals surface area contributed by atoms with Gasteiger partial charge in [-0.3, -0.25) is 4.79 Å². The number of benzene rings is 1. The van der Waals surface area contributed by atoms with Crippen LogP contribution in [0.25, 0.3) is 0 Å². The summed E-state index contributed by atoms with van der Waals surface area (Å²) in [6.07, 6.45) is 0.412. The Morgan fingerprint density at radius 2 is 2.00 bits per heavy atom. The summed E-state index contributed by atoms with van der Waals surface area (Å²) in [4.78, 5) is 14.8. The number of thiophene rings is 1. The number of ether oxygens (including phenoxy) is 1. The van der Waals surface area contributed by atoms with E-state index in [2.05, 4.69) is 0 Å². The van der Waals surface area contributed by atoms with Crippen molar-refractivity contribution in [3.63, 3.8) is 0 Å². The van der Waals surface area contributed by atoms with Gasteiger partial charge in [0.15, 0.2) is 16.4 Å². The highest BCUT2D eigenvalue weighted by atomic mass is 35.5. The summed E-state index contributed by atoms with van der Waals surface area (Å²) in [7, 11) is -3.26. The van der Waals surface area contributed by atoms with E-state index in [1.807, 2.05) is 17.5 Å². The van der Waals surface area contributed by atoms with E-state index in [9.17, 15) is 13.2 Å². The highest BCUT2D eigenvalue weighted by Crippen LogP contribution is 2.32. The Bertz CT molecular complexity index is 819. The molecule has 2 heterocycles. The second kappa shape index (κ2) is 7.76. The van der Waals surface area contributed by atoms with Crippen LogP contribution in [0.5, 0.6) is 5.75 Å². The molecule has 5 nitrogen and oxygen atoms in total. The molecule has 1 aliphatic rings. The molecule has 8 heteroatoms. The van der Waals surface area contributed by atoms with Gasteiger partial charge in [-0.05, 0) is 42.1 Å². The van der Waals surface area contributed by atoms with Crippen molar-refractivity contribution in [3.05, 3.63) is 51.7 Å². The molecule has 1 amide bonds. The van der Waals surface area contributed by atoms with E-state index in [0.717, 1.165) is 4.88 Å². The second-order valence-electron chi connectivity index (χ2n) is 5.78. The number of hydrogen-bond acceptors (Lipinski definition) is 5. The van der Waals surface area contributed by atoms with Gasteiger partial charge in [0.25, 0.3) is 5.91 Å². The van der Waals surface area contributed by atoms with E-state index in [0.29, 0.717) is 23.7 Å². The molecule has 0 N–H and O–H groups in total. The van der Waals surface area contributed by atoms with Crippen molar-refractivity contribution in [2.24, 2.45) is 0 Å². The molecular formula is C17H18ClNO4S2. The topological polar surface area (TPSA) is 63.7 Å². The first-order valence-electron chi connectivity index (χ1n) is 7.87. The number of rotatable bonds is 4. The lowest BCUT2D eigenvalue weighted by Crippen LogP contribution is -2.37. The molecule has 0 bridgehead atoms. The molecule has 0 radical (unpaired) electrons. The number of carbonyl (C=O) groups is 1. The Labute approximate surface area is 156 Å². The zero-order valence-electron chi connectivity index (χ0n) is 13.4. The average Bonchev–Trinajstić information content (AvgIpc) is 3.05. The molecule has 1 saturated heterocycles. The summed E-state index contributed by atoms with van der Waals surface area (Å²) < 4.78 is 30.5. The highest BCUT2D eigenvalue weighted by Gasteiger charge is 2.33. The predicted molar refractivity (Wildman–Crippen MR) is 99.0 cm³/mol. The van der Waals surface area contributed by atoms with Gasteiger partial charge in [-0.1, -0.05) is 17.7 Å². The van der Waals surface area contributed by atoms with Crippen LogP contribution in [0.4, 0.5) is 0 Å². The molecular weight excluding hydrogens is 382 g/mol. The minimum absolute atomic E-state index is 0.0255. The van der Waals surface area contributed by atoms with E-state index in [-0.39, 0.29) is 24.8 Å². The average molecular weight is 400 g/mol. The van der Waals surface area contributed by atoms with Crippen LogP contribution in [0.2, 0.25) is 5.02 Å². The van der Waals surface area contributed by atoms with Gasteiger partial charge in [0.05, 0.1) is 11.0 Å². The minimum Gasteiger partial charge on any atom is -0.484 e. The van der Waals surface area contributed by atoms with Gasteiger partial charge < -0.3 is 9.64 Å². The summed E-state index contributed by atoms with van der Waals surface area (Å²) in [5.74, 6) is 0.316. The van der Waals surface area contributed by atoms with Crippen LogP contribution < -0.4 is 4.74 Å². The Morgan fingerprint density at radius 3 is 2.68 bits per heavy atom. The fourth-order valence-corrected chi connectivity index (χ4v) is 5.88. The van der Waals surface area contributed by atoms with Gasteiger partial charge in [-0.2, -0.15) is 0 Å². The van der Waals surface area contributed by atoms with Crippen LogP contribution in [0.1, 0.15) is 16.5 Å². The predicted octanol–water partition coefficient (Wildman–Crippen LogP) is 3.17. The van der Waals surface area contributed by atoms with Crippen LogP contribution >= 0.6 is 22.9 Å². The van der Waals surface area contributed by atoms with Crippen molar-refractivity contribution in [2.45, 2.75) is 11.7 Å². The first kappa shape index (κ1) is 18.2. The maximum atomic E-state index is 12.5. The molecule has 0 aliphatic carbocycles. The molecule has 0 spiro atoms. The Hall–Kier alpha value is -1.57. The molecule has 1 fully saturated rings. The van der Waals surface area contributed by atoms with Crippen LogP contribution in [-0.4, -0.2) is 44.7 Å². The van der Waals surface area contributed by atoms with Crippen molar-refractivity contribution in [1.82, 2.24) is 4.90 Å². The van der Waals surface area contributed by atoms with Crippen LogP contribution in [0, 0.1) is 0 Å². The van der Waals surface area contributed by atoms with Crippen molar-refractivity contribution in [1.29, 1.82) is 0 Å². The fraction of sp³-hybridized carbons (Fsp3) is 0.353. The molecule has 1 aromatic heterocycles. The number of hydrogen-bond donors (Lipinski definition) is 0. The van der Waals surface area contributed by atoms with E-state index in [1.54, 1.807) is 29.2 Å². The van der Waals surface area contributed by atoms with Crippen molar-refractivity contribution >= 4 is 38.7 Å². The van der Waals surface area contributed by atoms with E-state index in [4.69, 9.17) is 16.3 Å². The lowest BCUT2D eigenvalue weighted by molar-refractivity contribution is -0.133. The van der Waals surface area contributed by atoms with Crippen LogP contribution in [0.3, 0.4) is 0 Å². The number of sulfone groups is 1. The smallest absolute Gasteiger partial charge is 0.260 e. The van der Waals surface area contributed by atoms with Crippen molar-refractivity contribution in [3.8, 4) is 5.75 Å². The second-order valence-corrected chi connectivity index (χ2v) is 9.50. The third-order valence-electron chi connectivity index (χ3n) is 4.13. The molecule has 2 aromatic rings. The van der Waals surface area contributed by atoms with Gasteiger partial charge in [0.1, 0.15) is 5.75 Å². The Morgan fingerprint density at radius 1 is 1.24 bits per heavy atom. The zero-order chi connectivity index (χ0) is 17.9. The maximum Gasteiger partial charge on any atom is 0.260 e. The van der Waals surface area contributed by atoms with Gasteiger partial charge in [0, 0.05) is 23.0 Å². The van der Waals surface area contributed by atoms with E-state index >= 15 is 0 Å². The van der Waals surface area contributed by atoms with Crippen molar-refractivity contribution in [2.75, 3.05) is 25.4 Å². The van der Waals surface area contributed by atoms with Gasteiger partial charge in [-0.25, -0.2) is 8.42 Å². The largest absolute Gasteiger partial charge is 0.484 e. The lowest BCUT2D eigenvalue weighted by Gasteiger charge is -2.20. The van der Waals surface area contributed by atoms with Crippen LogP contribution in [-0.2, 0) is 14.6 Å². The molecule has 0 unspecified atom stereocenters. The molecule has 1 atom stereocenters. The standard InChI is InChI=1S/C17H18ClNO4S2/c18-13-3-5-14(6-4-13)23-12-17(20)19-8-7-16(15-2-1-10-24-15)25(21,22)11-9-19/h1-6,10,16H,7-9,11-12H2/t16-/m1/s1. The number of amides is 1. The first-order valence-corrected chi connectivity index (χ1v) is 10.8. The summed E-state index contributed by atoms with van der Waals surface area (Å²) in [5, 5.41) is 1.94. The number of nitrogens with zero attached hydrogens (tertiary/aromatic N) is 1. The van der Waals surface area contributed by atoms with E-state index in [1.165, 1.54) is 11.3 Å². The van der Waals surface area contributed by atoms with Gasteiger partial charge in [0.2, 0.25) is 0 Å². The number of carbonyl (C=O) groups excluding carboxylic acids is 1. The zero-order valence-corrected chi connectivity index (χ0v) is 15.8. The quantitative estimate of drug-likeness (QED) is 0.792. The summed E-state index contributed by atoms with van der Waals surface area (Å²) >= 11 is 7.25. The number of halogens is 1. The summed E-state index contributed by atoms with van der Waals surface area (Å²) in [6, 6.07) is 10.4. The fourth-order valence-electron chi connectivity index (χ4n) is 2.75. The van der Waals surface area contributed by atoms with Gasteiger partial charge >= 0.3 is 0 Å². The lowest BCUT2D eigenvalue weighted by atomic mass is 10.2. The SMILES string of the molecule is O=C(COc1ccc(Cl)cc1)N1CC[C@H](c2cccs2)S(=O)(=O)CC1. The third-order valence-corrected chi connectivity index (χ3v) is 7.62. The molecule has 1 aromatic carbocycles. The molecule has 3 rings (SSSR count). The van der Waals surface area contributed by atoms with E-state index < -0.39 is 15.1 Å². The molecule has 25 heavy (non-hydrogen) atoms. The Kier molecular flexibility index (Phi) is 5.66. The maximum absolute atomic E-state index is 12.5. The third kappa shape index (κ3) is 4.54. The minimum atomic E-state index is -3.26. The molecule has 1 aliphatic heterocycles.